The summed E-state index contributed by atoms with van der Waals surface area (Å²) in [7, 11) is 0. The Morgan fingerprint density at radius 3 is 2.83 bits per heavy atom. The van der Waals surface area contributed by atoms with Crippen molar-refractivity contribution >= 4 is 35.0 Å². The molecule has 1 atom stereocenters. The average molecular weight is 285 g/mol. The van der Waals surface area contributed by atoms with Crippen molar-refractivity contribution in [3.63, 3.8) is 0 Å². The Hall–Kier alpha value is -0.710. The minimum absolute atomic E-state index is 0.0111. The highest BCUT2D eigenvalue weighted by Gasteiger charge is 2.15. The summed E-state index contributed by atoms with van der Waals surface area (Å²) in [4.78, 5) is 11.7. The summed E-state index contributed by atoms with van der Waals surface area (Å²) in [5.41, 5.74) is 0.780. The lowest BCUT2D eigenvalue weighted by atomic mass is 10.1. The molecule has 0 aromatic heterocycles. The third-order valence-electron chi connectivity index (χ3n) is 2.87. The fourth-order valence-corrected chi connectivity index (χ4v) is 3.28. The molecule has 0 bridgehead atoms. The highest BCUT2D eigenvalue weighted by atomic mass is 35.5. The van der Waals surface area contributed by atoms with E-state index in [0.29, 0.717) is 11.6 Å². The van der Waals surface area contributed by atoms with E-state index < -0.39 is 0 Å². The second-order valence-electron chi connectivity index (χ2n) is 4.42. The molecular weight excluding hydrogens is 268 g/mol. The molecule has 1 amide bonds. The molecule has 3 nitrogen and oxygen atoms in total. The van der Waals surface area contributed by atoms with Crippen molar-refractivity contribution in [2.75, 3.05) is 29.9 Å². The van der Waals surface area contributed by atoms with Gasteiger partial charge in [0.25, 0.3) is 0 Å². The lowest BCUT2D eigenvalue weighted by molar-refractivity contribution is -0.115. The standard InChI is InChI=1S/C13H17ClN2OS/c14-11-1-3-12(4-2-11)16-13(17)8-15-7-10-5-6-18-9-10/h1-4,10,15H,5-9H2,(H,16,17). The highest BCUT2D eigenvalue weighted by molar-refractivity contribution is 7.99. The maximum Gasteiger partial charge on any atom is 0.238 e. The van der Waals surface area contributed by atoms with Crippen molar-refractivity contribution in [1.29, 1.82) is 0 Å². The van der Waals surface area contributed by atoms with E-state index in [4.69, 9.17) is 11.6 Å². The molecule has 1 aromatic rings. The van der Waals surface area contributed by atoms with Gasteiger partial charge in [0, 0.05) is 10.7 Å². The molecule has 1 aromatic carbocycles. The first-order valence-electron chi connectivity index (χ1n) is 6.08. The Bertz CT molecular complexity index is 390. The zero-order valence-corrected chi connectivity index (χ0v) is 11.7. The first-order chi connectivity index (χ1) is 8.74. The van der Waals surface area contributed by atoms with Crippen LogP contribution in [0.5, 0.6) is 0 Å². The van der Waals surface area contributed by atoms with Crippen molar-refractivity contribution in [1.82, 2.24) is 5.32 Å². The smallest absolute Gasteiger partial charge is 0.238 e. The first-order valence-corrected chi connectivity index (χ1v) is 7.61. The molecule has 2 N–H and O–H groups in total. The number of hydrogen-bond acceptors (Lipinski definition) is 3. The molecule has 98 valence electrons. The van der Waals surface area contributed by atoms with E-state index in [1.807, 2.05) is 11.8 Å². The molecule has 5 heteroatoms. The number of carbonyl (C=O) groups excluding carboxylic acids is 1. The van der Waals surface area contributed by atoms with Crippen LogP contribution in [-0.4, -0.2) is 30.5 Å². The van der Waals surface area contributed by atoms with Gasteiger partial charge in [-0.1, -0.05) is 11.6 Å². The second-order valence-corrected chi connectivity index (χ2v) is 6.00. The van der Waals surface area contributed by atoms with Gasteiger partial charge < -0.3 is 10.6 Å². The largest absolute Gasteiger partial charge is 0.325 e. The SMILES string of the molecule is O=C(CNCC1CCSC1)Nc1ccc(Cl)cc1. The summed E-state index contributed by atoms with van der Waals surface area (Å²) in [6.07, 6.45) is 1.26. The van der Waals surface area contributed by atoms with Gasteiger partial charge in [0.15, 0.2) is 0 Å². The summed E-state index contributed by atoms with van der Waals surface area (Å²) in [5.74, 6) is 3.18. The van der Waals surface area contributed by atoms with E-state index in [1.54, 1.807) is 24.3 Å². The van der Waals surface area contributed by atoms with Gasteiger partial charge in [0.1, 0.15) is 0 Å². The minimum Gasteiger partial charge on any atom is -0.325 e. The molecule has 0 radical (unpaired) electrons. The number of benzene rings is 1. The van der Waals surface area contributed by atoms with Gasteiger partial charge in [-0.15, -0.1) is 0 Å². The van der Waals surface area contributed by atoms with E-state index in [0.717, 1.165) is 18.2 Å². The number of thioether (sulfide) groups is 1. The lowest BCUT2D eigenvalue weighted by Gasteiger charge is -2.10. The minimum atomic E-state index is -0.0111. The van der Waals surface area contributed by atoms with Gasteiger partial charge in [-0.05, 0) is 54.7 Å². The van der Waals surface area contributed by atoms with Crippen molar-refractivity contribution in [2.45, 2.75) is 6.42 Å². The summed E-state index contributed by atoms with van der Waals surface area (Å²) < 4.78 is 0. The zero-order valence-electron chi connectivity index (χ0n) is 10.1. The van der Waals surface area contributed by atoms with Crippen LogP contribution in [0.15, 0.2) is 24.3 Å². The van der Waals surface area contributed by atoms with Crippen LogP contribution in [0.3, 0.4) is 0 Å². The molecule has 1 aliphatic heterocycles. The van der Waals surface area contributed by atoms with Crippen molar-refractivity contribution in [2.24, 2.45) is 5.92 Å². The van der Waals surface area contributed by atoms with Crippen molar-refractivity contribution in [3.05, 3.63) is 29.3 Å². The van der Waals surface area contributed by atoms with E-state index in [1.165, 1.54) is 17.9 Å². The van der Waals surface area contributed by atoms with E-state index in [2.05, 4.69) is 10.6 Å². The average Bonchev–Trinajstić information content (AvgIpc) is 2.85. The van der Waals surface area contributed by atoms with Crippen LogP contribution < -0.4 is 10.6 Å². The topological polar surface area (TPSA) is 41.1 Å². The number of hydrogen-bond donors (Lipinski definition) is 2. The number of carbonyl (C=O) groups is 1. The van der Waals surface area contributed by atoms with E-state index >= 15 is 0 Å². The number of amides is 1. The molecule has 0 aliphatic carbocycles. The van der Waals surface area contributed by atoms with Crippen LogP contribution in [0.4, 0.5) is 5.69 Å². The molecule has 1 fully saturated rings. The molecular formula is C13H17ClN2OS. The van der Waals surface area contributed by atoms with Gasteiger partial charge in [0.05, 0.1) is 6.54 Å². The van der Waals surface area contributed by atoms with Gasteiger partial charge in [-0.3, -0.25) is 4.79 Å². The number of nitrogens with one attached hydrogen (secondary N) is 2. The van der Waals surface area contributed by atoms with Crippen LogP contribution in [-0.2, 0) is 4.79 Å². The second kappa shape index (κ2) is 7.02. The first kappa shape index (κ1) is 13.7. The van der Waals surface area contributed by atoms with Crippen LogP contribution in [0.2, 0.25) is 5.02 Å². The summed E-state index contributed by atoms with van der Waals surface area (Å²) in [6, 6.07) is 7.13. The molecule has 2 rings (SSSR count). The molecule has 18 heavy (non-hydrogen) atoms. The Labute approximate surface area is 117 Å². The van der Waals surface area contributed by atoms with Crippen molar-refractivity contribution in [3.8, 4) is 0 Å². The predicted octanol–water partition coefficient (Wildman–Crippen LogP) is 2.62. The maximum atomic E-state index is 11.7. The molecule has 1 heterocycles. The van der Waals surface area contributed by atoms with Gasteiger partial charge in [-0.25, -0.2) is 0 Å². The summed E-state index contributed by atoms with van der Waals surface area (Å²) >= 11 is 7.77. The quantitative estimate of drug-likeness (QED) is 0.873. The third kappa shape index (κ3) is 4.52. The van der Waals surface area contributed by atoms with Crippen LogP contribution in [0, 0.1) is 5.92 Å². The normalized spacial score (nSPS) is 18.8. The summed E-state index contributed by atoms with van der Waals surface area (Å²) in [6.45, 7) is 1.30. The Balaban J connectivity index is 1.66. The van der Waals surface area contributed by atoms with Crippen LogP contribution >= 0.6 is 23.4 Å². The van der Waals surface area contributed by atoms with E-state index in [9.17, 15) is 4.79 Å². The number of rotatable bonds is 5. The molecule has 1 unspecified atom stereocenters. The Kier molecular flexibility index (Phi) is 5.35. The van der Waals surface area contributed by atoms with E-state index in [-0.39, 0.29) is 5.91 Å². The van der Waals surface area contributed by atoms with Crippen LogP contribution in [0.25, 0.3) is 0 Å². The van der Waals surface area contributed by atoms with Crippen molar-refractivity contribution < 1.29 is 4.79 Å². The predicted molar refractivity (Wildman–Crippen MR) is 78.4 cm³/mol. The fraction of sp³-hybridized carbons (Fsp3) is 0.462. The summed E-state index contributed by atoms with van der Waals surface area (Å²) in [5, 5.41) is 6.71. The maximum absolute atomic E-state index is 11.7. The molecule has 0 saturated carbocycles. The Morgan fingerprint density at radius 2 is 2.17 bits per heavy atom. The molecule has 0 spiro atoms. The lowest BCUT2D eigenvalue weighted by Crippen LogP contribution is -2.31. The third-order valence-corrected chi connectivity index (χ3v) is 4.35. The molecule has 1 aliphatic rings. The molecule has 1 saturated heterocycles. The number of halogens is 1. The van der Waals surface area contributed by atoms with Gasteiger partial charge in [0.2, 0.25) is 5.91 Å². The zero-order chi connectivity index (χ0) is 12.8. The van der Waals surface area contributed by atoms with Crippen LogP contribution in [0.1, 0.15) is 6.42 Å². The monoisotopic (exact) mass is 284 g/mol. The highest BCUT2D eigenvalue weighted by Crippen LogP contribution is 2.22. The number of anilines is 1. The Morgan fingerprint density at radius 1 is 1.39 bits per heavy atom. The van der Waals surface area contributed by atoms with Gasteiger partial charge >= 0.3 is 0 Å². The fourth-order valence-electron chi connectivity index (χ4n) is 1.87. The van der Waals surface area contributed by atoms with Gasteiger partial charge in [-0.2, -0.15) is 11.8 Å².